The van der Waals surface area contributed by atoms with Gasteiger partial charge >= 0.3 is 0 Å². The molecule has 1 aromatic heterocycles. The maximum absolute atomic E-state index is 12.5. The van der Waals surface area contributed by atoms with Gasteiger partial charge in [0.05, 0.1) is 12.1 Å². The summed E-state index contributed by atoms with van der Waals surface area (Å²) in [6, 6.07) is 9.99. The van der Waals surface area contributed by atoms with Crippen molar-refractivity contribution in [3.63, 3.8) is 0 Å². The molecule has 26 heavy (non-hydrogen) atoms. The van der Waals surface area contributed by atoms with Crippen molar-refractivity contribution >= 4 is 17.9 Å². The van der Waals surface area contributed by atoms with Gasteiger partial charge < -0.3 is 10.6 Å². The van der Waals surface area contributed by atoms with E-state index < -0.39 is 0 Å². The SMILES string of the molecule is Cn1cc([C@H]2CN(C(=O)CC/C=C/c3ccccc3)C[C@@H]2C(N)=O)cn1. The zero-order valence-corrected chi connectivity index (χ0v) is 14.9. The van der Waals surface area contributed by atoms with Crippen LogP contribution in [0.3, 0.4) is 0 Å². The van der Waals surface area contributed by atoms with E-state index in [1.165, 1.54) is 0 Å². The molecule has 2 amide bonds. The second-order valence-corrected chi connectivity index (χ2v) is 6.71. The highest BCUT2D eigenvalue weighted by Gasteiger charge is 2.39. The molecule has 1 aliphatic rings. The number of nitrogens with two attached hydrogens (primary N) is 1. The molecular formula is C20H24N4O2. The molecule has 2 aromatic rings. The predicted molar refractivity (Wildman–Crippen MR) is 99.9 cm³/mol. The standard InChI is InChI=1S/C20H24N4O2/c1-23-12-16(11-22-23)17-13-24(14-18(17)20(21)26)19(25)10-6-5-9-15-7-3-2-4-8-15/h2-5,7-9,11-12,17-18H,6,10,13-14H2,1H3,(H2,21,26)/b9-5+/t17-,18+/m1/s1. The molecule has 0 saturated carbocycles. The van der Waals surface area contributed by atoms with E-state index in [0.717, 1.165) is 11.1 Å². The van der Waals surface area contributed by atoms with Crippen molar-refractivity contribution in [1.82, 2.24) is 14.7 Å². The minimum Gasteiger partial charge on any atom is -0.369 e. The van der Waals surface area contributed by atoms with Gasteiger partial charge in [-0.2, -0.15) is 5.10 Å². The zero-order valence-electron chi connectivity index (χ0n) is 14.9. The summed E-state index contributed by atoms with van der Waals surface area (Å²) in [5, 5.41) is 4.17. The van der Waals surface area contributed by atoms with Crippen molar-refractivity contribution in [2.75, 3.05) is 13.1 Å². The first-order chi connectivity index (χ1) is 12.5. The number of benzene rings is 1. The molecule has 0 spiro atoms. The quantitative estimate of drug-likeness (QED) is 0.863. The van der Waals surface area contributed by atoms with Crippen LogP contribution in [0, 0.1) is 5.92 Å². The fourth-order valence-corrected chi connectivity index (χ4v) is 3.41. The molecule has 6 heteroatoms. The fraction of sp³-hybridized carbons (Fsp3) is 0.350. The Morgan fingerprint density at radius 3 is 2.69 bits per heavy atom. The Bertz CT molecular complexity index is 797. The first-order valence-electron chi connectivity index (χ1n) is 8.82. The highest BCUT2D eigenvalue weighted by molar-refractivity contribution is 5.82. The number of likely N-dealkylation sites (tertiary alicyclic amines) is 1. The molecule has 0 radical (unpaired) electrons. The first-order valence-corrected chi connectivity index (χ1v) is 8.82. The van der Waals surface area contributed by atoms with E-state index in [9.17, 15) is 9.59 Å². The topological polar surface area (TPSA) is 81.2 Å². The molecule has 1 aliphatic heterocycles. The normalized spacial score (nSPS) is 20.0. The molecule has 3 rings (SSSR count). The van der Waals surface area contributed by atoms with Gasteiger partial charge in [0.25, 0.3) is 0 Å². The Labute approximate surface area is 153 Å². The Kier molecular flexibility index (Phi) is 5.51. The van der Waals surface area contributed by atoms with Gasteiger partial charge in [0.15, 0.2) is 0 Å². The number of hydrogen-bond donors (Lipinski definition) is 1. The van der Waals surface area contributed by atoms with Crippen LogP contribution in [0.25, 0.3) is 6.08 Å². The van der Waals surface area contributed by atoms with E-state index in [2.05, 4.69) is 5.10 Å². The Hall–Kier alpha value is -2.89. The third-order valence-electron chi connectivity index (χ3n) is 4.83. The van der Waals surface area contributed by atoms with E-state index in [1.54, 1.807) is 15.8 Å². The van der Waals surface area contributed by atoms with Gasteiger partial charge in [-0.3, -0.25) is 14.3 Å². The van der Waals surface area contributed by atoms with Crippen LogP contribution in [-0.4, -0.2) is 39.6 Å². The molecule has 6 nitrogen and oxygen atoms in total. The molecule has 2 N–H and O–H groups in total. The summed E-state index contributed by atoms with van der Waals surface area (Å²) < 4.78 is 1.70. The van der Waals surface area contributed by atoms with Crippen LogP contribution >= 0.6 is 0 Å². The summed E-state index contributed by atoms with van der Waals surface area (Å²) in [4.78, 5) is 26.1. The molecule has 136 valence electrons. The van der Waals surface area contributed by atoms with Gasteiger partial charge in [-0.15, -0.1) is 0 Å². The zero-order chi connectivity index (χ0) is 18.5. The van der Waals surface area contributed by atoms with Gasteiger partial charge in [0, 0.05) is 38.7 Å². The van der Waals surface area contributed by atoms with Crippen molar-refractivity contribution in [2.45, 2.75) is 18.8 Å². The Balaban J connectivity index is 1.57. The van der Waals surface area contributed by atoms with E-state index in [1.807, 2.05) is 55.7 Å². The summed E-state index contributed by atoms with van der Waals surface area (Å²) in [5.74, 6) is -0.744. The van der Waals surface area contributed by atoms with Crippen molar-refractivity contribution in [3.05, 3.63) is 59.9 Å². The molecule has 2 heterocycles. The summed E-state index contributed by atoms with van der Waals surface area (Å²) in [7, 11) is 1.83. The van der Waals surface area contributed by atoms with Gasteiger partial charge in [-0.05, 0) is 17.5 Å². The smallest absolute Gasteiger partial charge is 0.223 e. The monoisotopic (exact) mass is 352 g/mol. The molecule has 2 atom stereocenters. The average molecular weight is 352 g/mol. The molecular weight excluding hydrogens is 328 g/mol. The number of aromatic nitrogens is 2. The lowest BCUT2D eigenvalue weighted by molar-refractivity contribution is -0.130. The van der Waals surface area contributed by atoms with Crippen LogP contribution in [0.15, 0.2) is 48.8 Å². The highest BCUT2D eigenvalue weighted by Crippen LogP contribution is 2.32. The maximum Gasteiger partial charge on any atom is 0.223 e. The van der Waals surface area contributed by atoms with E-state index in [0.29, 0.717) is 25.9 Å². The number of carbonyl (C=O) groups is 2. The fourth-order valence-electron chi connectivity index (χ4n) is 3.41. The highest BCUT2D eigenvalue weighted by atomic mass is 16.2. The maximum atomic E-state index is 12.5. The summed E-state index contributed by atoms with van der Waals surface area (Å²) in [5.41, 5.74) is 7.64. The number of allylic oxidation sites excluding steroid dienone is 1. The van der Waals surface area contributed by atoms with E-state index in [4.69, 9.17) is 5.73 Å². The molecule has 1 aromatic carbocycles. The van der Waals surface area contributed by atoms with Crippen LogP contribution < -0.4 is 5.73 Å². The molecule has 0 bridgehead atoms. The van der Waals surface area contributed by atoms with Crippen LogP contribution in [0.2, 0.25) is 0 Å². The Morgan fingerprint density at radius 1 is 1.27 bits per heavy atom. The number of amides is 2. The summed E-state index contributed by atoms with van der Waals surface area (Å²) >= 11 is 0. The van der Waals surface area contributed by atoms with Crippen LogP contribution in [0.5, 0.6) is 0 Å². The second-order valence-electron chi connectivity index (χ2n) is 6.71. The third-order valence-corrected chi connectivity index (χ3v) is 4.83. The average Bonchev–Trinajstić information content (AvgIpc) is 3.26. The van der Waals surface area contributed by atoms with E-state index in [-0.39, 0.29) is 23.7 Å². The minimum atomic E-state index is -0.363. The lowest BCUT2D eigenvalue weighted by atomic mass is 9.90. The molecule has 0 unspecified atom stereocenters. The summed E-state index contributed by atoms with van der Waals surface area (Å²) in [6.45, 7) is 0.899. The summed E-state index contributed by atoms with van der Waals surface area (Å²) in [6.07, 6.45) is 8.75. The largest absolute Gasteiger partial charge is 0.369 e. The molecule has 0 aliphatic carbocycles. The van der Waals surface area contributed by atoms with Gasteiger partial charge in [0.1, 0.15) is 0 Å². The van der Waals surface area contributed by atoms with Gasteiger partial charge in [-0.1, -0.05) is 42.5 Å². The molecule has 1 fully saturated rings. The van der Waals surface area contributed by atoms with Crippen molar-refractivity contribution < 1.29 is 9.59 Å². The van der Waals surface area contributed by atoms with Crippen LogP contribution in [-0.2, 0) is 16.6 Å². The lowest BCUT2D eigenvalue weighted by Crippen LogP contribution is -2.31. The number of nitrogens with zero attached hydrogens (tertiary/aromatic N) is 3. The predicted octanol–water partition coefficient (Wildman–Crippen LogP) is 1.94. The van der Waals surface area contributed by atoms with Gasteiger partial charge in [-0.25, -0.2) is 0 Å². The van der Waals surface area contributed by atoms with Crippen LogP contribution in [0.4, 0.5) is 0 Å². The lowest BCUT2D eigenvalue weighted by Gasteiger charge is -2.15. The van der Waals surface area contributed by atoms with Crippen molar-refractivity contribution in [2.24, 2.45) is 18.7 Å². The van der Waals surface area contributed by atoms with E-state index >= 15 is 0 Å². The van der Waals surface area contributed by atoms with Crippen molar-refractivity contribution in [3.8, 4) is 0 Å². The number of carbonyl (C=O) groups excluding carboxylic acids is 2. The van der Waals surface area contributed by atoms with Crippen molar-refractivity contribution in [1.29, 1.82) is 0 Å². The number of hydrogen-bond acceptors (Lipinski definition) is 3. The second kappa shape index (κ2) is 7.99. The number of primary amides is 1. The molecule has 1 saturated heterocycles. The minimum absolute atomic E-state index is 0.0559. The number of aryl methyl sites for hydroxylation is 1. The Morgan fingerprint density at radius 2 is 2.04 bits per heavy atom. The first kappa shape index (κ1) is 17.9. The third kappa shape index (κ3) is 4.20. The van der Waals surface area contributed by atoms with Crippen LogP contribution in [0.1, 0.15) is 29.9 Å². The number of rotatable bonds is 6. The van der Waals surface area contributed by atoms with Gasteiger partial charge in [0.2, 0.25) is 11.8 Å².